The Morgan fingerprint density at radius 2 is 1.57 bits per heavy atom. The van der Waals surface area contributed by atoms with Crippen molar-refractivity contribution in [3.8, 4) is 18.2 Å². The number of amides is 3. The lowest BCUT2D eigenvalue weighted by Crippen LogP contribution is -2.52. The highest BCUT2D eigenvalue weighted by Crippen LogP contribution is 2.24. The Kier molecular flexibility index (Phi) is 9.93. The quantitative estimate of drug-likeness (QED) is 0.271. The van der Waals surface area contributed by atoms with E-state index in [0.717, 1.165) is 16.0 Å². The van der Waals surface area contributed by atoms with Gasteiger partial charge in [-0.2, -0.15) is 0 Å². The monoisotopic (exact) mass is 541 g/mol. The predicted octanol–water partition coefficient (Wildman–Crippen LogP) is 4.61. The Morgan fingerprint density at radius 1 is 0.950 bits per heavy atom. The van der Waals surface area contributed by atoms with Crippen LogP contribution < -0.4 is 10.6 Å². The summed E-state index contributed by atoms with van der Waals surface area (Å²) in [5, 5.41) is 15.2. The molecule has 2 unspecified atom stereocenters. The smallest absolute Gasteiger partial charge is 0.408 e. The number of hydrogen-bond acceptors (Lipinski definition) is 5. The Morgan fingerprint density at radius 3 is 2.15 bits per heavy atom. The van der Waals surface area contributed by atoms with E-state index in [4.69, 9.17) is 11.2 Å². The van der Waals surface area contributed by atoms with Gasteiger partial charge in [-0.3, -0.25) is 14.5 Å². The second-order valence-electron chi connectivity index (χ2n) is 10.4. The van der Waals surface area contributed by atoms with E-state index in [1.165, 1.54) is 12.1 Å². The third kappa shape index (κ3) is 8.63. The van der Waals surface area contributed by atoms with Gasteiger partial charge in [0, 0.05) is 19.0 Å². The fourth-order valence-electron chi connectivity index (χ4n) is 4.00. The van der Waals surface area contributed by atoms with Crippen LogP contribution in [-0.4, -0.2) is 39.6 Å². The van der Waals surface area contributed by atoms with E-state index in [0.29, 0.717) is 11.1 Å². The molecular weight excluding hydrogens is 506 g/mol. The average Bonchev–Trinajstić information content (AvgIpc) is 2.91. The lowest BCUT2D eigenvalue weighted by Gasteiger charge is -2.30. The van der Waals surface area contributed by atoms with E-state index in [1.807, 2.05) is 49.4 Å². The highest BCUT2D eigenvalue weighted by atomic mass is 16.6. The van der Waals surface area contributed by atoms with Crippen LogP contribution in [-0.2, 0) is 27.3 Å². The van der Waals surface area contributed by atoms with Crippen LogP contribution in [0, 0.1) is 19.4 Å². The van der Waals surface area contributed by atoms with Crippen LogP contribution in [0.1, 0.15) is 49.1 Å². The van der Waals surface area contributed by atoms with Gasteiger partial charge in [-0.15, -0.1) is 0 Å². The largest absolute Gasteiger partial charge is 0.508 e. The molecule has 3 rings (SSSR count). The van der Waals surface area contributed by atoms with Crippen LogP contribution in [0.25, 0.3) is 0 Å². The Bertz CT molecular complexity index is 1340. The molecule has 40 heavy (non-hydrogen) atoms. The molecule has 8 nitrogen and oxygen atoms in total. The van der Waals surface area contributed by atoms with Crippen molar-refractivity contribution in [1.82, 2.24) is 15.5 Å². The summed E-state index contributed by atoms with van der Waals surface area (Å²) >= 11 is 0. The van der Waals surface area contributed by atoms with E-state index in [1.54, 1.807) is 45.0 Å². The van der Waals surface area contributed by atoms with Crippen LogP contribution in [0.4, 0.5) is 4.79 Å². The first kappa shape index (κ1) is 29.8. The van der Waals surface area contributed by atoms with Crippen molar-refractivity contribution in [2.45, 2.75) is 58.3 Å². The van der Waals surface area contributed by atoms with Gasteiger partial charge >= 0.3 is 6.09 Å². The van der Waals surface area contributed by atoms with Crippen molar-refractivity contribution in [1.29, 1.82) is 0 Å². The highest BCUT2D eigenvalue weighted by Gasteiger charge is 2.36. The molecule has 3 N–H and O–H groups in total. The van der Waals surface area contributed by atoms with Crippen molar-refractivity contribution >= 4 is 17.9 Å². The molecule has 208 valence electrons. The molecule has 2 atom stereocenters. The zero-order chi connectivity index (χ0) is 29.3. The molecule has 0 aliphatic heterocycles. The van der Waals surface area contributed by atoms with E-state index in [2.05, 4.69) is 16.7 Å². The zero-order valence-corrected chi connectivity index (χ0v) is 23.2. The zero-order valence-electron chi connectivity index (χ0n) is 23.2. The fourth-order valence-corrected chi connectivity index (χ4v) is 4.00. The molecule has 3 aromatic rings. The van der Waals surface area contributed by atoms with Crippen molar-refractivity contribution in [3.05, 3.63) is 101 Å². The number of nitrogens with one attached hydrogen (secondary N) is 2. The highest BCUT2D eigenvalue weighted by molar-refractivity contribution is 5.93. The summed E-state index contributed by atoms with van der Waals surface area (Å²) in [5.74, 6) is -1.08. The minimum Gasteiger partial charge on any atom is -0.508 e. The van der Waals surface area contributed by atoms with Crippen LogP contribution in [0.5, 0.6) is 5.75 Å². The Balaban J connectivity index is 1.95. The second-order valence-corrected chi connectivity index (χ2v) is 10.4. The van der Waals surface area contributed by atoms with Gasteiger partial charge in [-0.05, 0) is 56.5 Å². The summed E-state index contributed by atoms with van der Waals surface area (Å²) in [6, 6.07) is 22.8. The van der Waals surface area contributed by atoms with Gasteiger partial charge in [-0.1, -0.05) is 78.7 Å². The number of alkyl carbamates (subject to hydrolysis) is 1. The molecule has 8 heteroatoms. The van der Waals surface area contributed by atoms with Gasteiger partial charge < -0.3 is 20.5 Å². The number of carbonyl (C=O) groups is 3. The SMILES string of the molecule is C#CN(C(=O)C(Cc1ccc(O)cc1)NC(=O)OC(C)(C)C)C(C(=O)NCc1ccccc1)c1ccc(C)cc1. The van der Waals surface area contributed by atoms with Gasteiger partial charge in [-0.25, -0.2) is 4.79 Å². The molecule has 3 aromatic carbocycles. The van der Waals surface area contributed by atoms with E-state index in [9.17, 15) is 19.5 Å². The summed E-state index contributed by atoms with van der Waals surface area (Å²) in [5.41, 5.74) is 2.23. The summed E-state index contributed by atoms with van der Waals surface area (Å²) in [4.78, 5) is 41.3. The summed E-state index contributed by atoms with van der Waals surface area (Å²) in [6.07, 6.45) is 5.11. The van der Waals surface area contributed by atoms with E-state index < -0.39 is 35.6 Å². The number of aryl methyl sites for hydroxylation is 1. The molecule has 0 heterocycles. The number of ether oxygens (including phenoxy) is 1. The second kappa shape index (κ2) is 13.3. The normalized spacial score (nSPS) is 12.4. The molecule has 0 aliphatic rings. The Labute approximate surface area is 235 Å². The van der Waals surface area contributed by atoms with Crippen LogP contribution in [0.15, 0.2) is 78.9 Å². The first-order valence-electron chi connectivity index (χ1n) is 12.9. The molecular formula is C32H35N3O5. The van der Waals surface area contributed by atoms with Gasteiger partial charge in [0.05, 0.1) is 0 Å². The number of hydrogen-bond donors (Lipinski definition) is 3. The number of terminal acetylenes is 1. The molecule has 0 bridgehead atoms. The summed E-state index contributed by atoms with van der Waals surface area (Å²) in [7, 11) is 0. The van der Waals surface area contributed by atoms with Crippen LogP contribution in [0.2, 0.25) is 0 Å². The maximum absolute atomic E-state index is 14.0. The molecule has 0 fully saturated rings. The molecule has 0 saturated carbocycles. The third-order valence-corrected chi connectivity index (χ3v) is 5.95. The average molecular weight is 542 g/mol. The number of carbonyl (C=O) groups excluding carboxylic acids is 3. The number of nitrogens with zero attached hydrogens (tertiary/aromatic N) is 1. The maximum Gasteiger partial charge on any atom is 0.408 e. The van der Waals surface area contributed by atoms with Gasteiger partial charge in [0.15, 0.2) is 0 Å². The van der Waals surface area contributed by atoms with E-state index >= 15 is 0 Å². The number of phenolic OH excluding ortho intramolecular Hbond substituents is 1. The predicted molar refractivity (Wildman–Crippen MR) is 153 cm³/mol. The lowest BCUT2D eigenvalue weighted by molar-refractivity contribution is -0.138. The minimum atomic E-state index is -1.16. The Hall–Kier alpha value is -4.77. The van der Waals surface area contributed by atoms with Crippen molar-refractivity contribution in [3.63, 3.8) is 0 Å². The molecule has 0 aromatic heterocycles. The number of phenols is 1. The molecule has 0 radical (unpaired) electrons. The topological polar surface area (TPSA) is 108 Å². The van der Waals surface area contributed by atoms with E-state index in [-0.39, 0.29) is 18.7 Å². The van der Waals surface area contributed by atoms with Crippen molar-refractivity contribution < 1.29 is 24.2 Å². The van der Waals surface area contributed by atoms with Crippen molar-refractivity contribution in [2.75, 3.05) is 0 Å². The summed E-state index contributed by atoms with van der Waals surface area (Å²) < 4.78 is 5.39. The van der Waals surface area contributed by atoms with Crippen LogP contribution >= 0.6 is 0 Å². The molecule has 0 spiro atoms. The first-order chi connectivity index (χ1) is 19.0. The molecule has 3 amide bonds. The third-order valence-electron chi connectivity index (χ3n) is 5.95. The van der Waals surface area contributed by atoms with Gasteiger partial charge in [0.2, 0.25) is 5.91 Å². The summed E-state index contributed by atoms with van der Waals surface area (Å²) in [6.45, 7) is 7.28. The van der Waals surface area contributed by atoms with Gasteiger partial charge in [0.1, 0.15) is 23.4 Å². The van der Waals surface area contributed by atoms with Crippen molar-refractivity contribution in [2.24, 2.45) is 0 Å². The van der Waals surface area contributed by atoms with Crippen LogP contribution in [0.3, 0.4) is 0 Å². The minimum absolute atomic E-state index is 0.0444. The lowest BCUT2D eigenvalue weighted by atomic mass is 10.00. The number of benzene rings is 3. The standard InChI is InChI=1S/C32H35N3O5/c1-6-35(28(25-16-12-22(2)13-17-25)29(37)33-21-24-10-8-7-9-11-24)30(38)27(34-31(39)40-32(3,4)5)20-23-14-18-26(36)19-15-23/h1,7-19,27-28,36H,20-21H2,2-5H3,(H,33,37)(H,34,39). The number of rotatable bonds is 9. The first-order valence-corrected chi connectivity index (χ1v) is 12.9. The van der Waals surface area contributed by atoms with Gasteiger partial charge in [0.25, 0.3) is 5.91 Å². The number of aromatic hydroxyl groups is 1. The fraction of sp³-hybridized carbons (Fsp3) is 0.281. The molecule has 0 saturated heterocycles. The maximum atomic E-state index is 14.0. The molecule has 0 aliphatic carbocycles.